The van der Waals surface area contributed by atoms with Crippen LogP contribution in [0, 0.1) is 19.7 Å². The van der Waals surface area contributed by atoms with Crippen molar-refractivity contribution in [1.29, 1.82) is 0 Å². The molecule has 2 aromatic heterocycles. The number of hydrogen-bond donors (Lipinski definition) is 1. The molecule has 108 valence electrons. The summed E-state index contributed by atoms with van der Waals surface area (Å²) in [5, 5.41) is 8.29. The normalized spacial score (nSPS) is 12.6. The first kappa shape index (κ1) is 13.5. The van der Waals surface area contributed by atoms with Crippen molar-refractivity contribution < 1.29 is 8.91 Å². The van der Waals surface area contributed by atoms with Crippen LogP contribution >= 0.6 is 0 Å². The second-order valence-corrected chi connectivity index (χ2v) is 5.12. The van der Waals surface area contributed by atoms with E-state index in [4.69, 9.17) is 4.52 Å². The number of rotatable bonds is 3. The molecule has 0 fully saturated rings. The van der Waals surface area contributed by atoms with Gasteiger partial charge in [-0.3, -0.25) is 4.98 Å². The van der Waals surface area contributed by atoms with E-state index in [0.29, 0.717) is 5.52 Å². The molecule has 5 heteroatoms. The Hall–Kier alpha value is -2.43. The van der Waals surface area contributed by atoms with Crippen LogP contribution in [0.1, 0.15) is 30.0 Å². The first-order chi connectivity index (χ1) is 10.1. The van der Waals surface area contributed by atoms with E-state index in [1.165, 1.54) is 12.1 Å². The van der Waals surface area contributed by atoms with E-state index in [2.05, 4.69) is 15.5 Å². The molecule has 0 spiro atoms. The van der Waals surface area contributed by atoms with Gasteiger partial charge in [0.25, 0.3) is 0 Å². The van der Waals surface area contributed by atoms with Gasteiger partial charge in [-0.1, -0.05) is 5.16 Å². The molecule has 3 rings (SSSR count). The average molecular weight is 285 g/mol. The maximum absolute atomic E-state index is 13.3. The summed E-state index contributed by atoms with van der Waals surface area (Å²) in [6.45, 7) is 5.86. The molecule has 1 aromatic carbocycles. The number of aryl methyl sites for hydroxylation is 2. The van der Waals surface area contributed by atoms with Gasteiger partial charge in [0.05, 0.1) is 17.3 Å². The molecule has 1 unspecified atom stereocenters. The summed E-state index contributed by atoms with van der Waals surface area (Å²) in [7, 11) is 0. The Kier molecular flexibility index (Phi) is 3.33. The van der Waals surface area contributed by atoms with Gasteiger partial charge < -0.3 is 9.84 Å². The maximum Gasteiger partial charge on any atom is 0.139 e. The molecule has 0 aliphatic carbocycles. The Balaban J connectivity index is 1.98. The summed E-state index contributed by atoms with van der Waals surface area (Å²) >= 11 is 0. The zero-order valence-electron chi connectivity index (χ0n) is 12.1. The van der Waals surface area contributed by atoms with Gasteiger partial charge in [-0.15, -0.1) is 0 Å². The summed E-state index contributed by atoms with van der Waals surface area (Å²) in [4.78, 5) is 4.20. The molecule has 2 heterocycles. The Morgan fingerprint density at radius 3 is 2.76 bits per heavy atom. The van der Waals surface area contributed by atoms with Crippen molar-refractivity contribution >= 4 is 16.6 Å². The highest BCUT2D eigenvalue weighted by Crippen LogP contribution is 2.28. The van der Waals surface area contributed by atoms with Crippen molar-refractivity contribution in [1.82, 2.24) is 10.1 Å². The summed E-state index contributed by atoms with van der Waals surface area (Å²) < 4.78 is 18.5. The third kappa shape index (κ3) is 2.46. The molecule has 1 atom stereocenters. The Labute approximate surface area is 122 Å². The van der Waals surface area contributed by atoms with Gasteiger partial charge in [0, 0.05) is 28.9 Å². The van der Waals surface area contributed by atoms with Crippen molar-refractivity contribution in [2.24, 2.45) is 0 Å². The number of halogens is 1. The highest BCUT2D eigenvalue weighted by Gasteiger charge is 2.17. The fraction of sp³-hybridized carbons (Fsp3) is 0.250. The molecule has 21 heavy (non-hydrogen) atoms. The summed E-state index contributed by atoms with van der Waals surface area (Å²) in [5.41, 5.74) is 3.46. The fourth-order valence-corrected chi connectivity index (χ4v) is 2.66. The second kappa shape index (κ2) is 5.16. The maximum atomic E-state index is 13.3. The molecule has 4 nitrogen and oxygen atoms in total. The largest absolute Gasteiger partial charge is 0.378 e. The van der Waals surface area contributed by atoms with E-state index in [0.717, 1.165) is 28.1 Å². The van der Waals surface area contributed by atoms with E-state index < -0.39 is 0 Å². The topological polar surface area (TPSA) is 51.0 Å². The van der Waals surface area contributed by atoms with Gasteiger partial charge >= 0.3 is 0 Å². The minimum absolute atomic E-state index is 0.0342. The molecule has 0 aliphatic heterocycles. The molecule has 0 bridgehead atoms. The fourth-order valence-electron chi connectivity index (χ4n) is 2.66. The molecule has 0 aliphatic rings. The highest BCUT2D eigenvalue weighted by molar-refractivity contribution is 5.91. The lowest BCUT2D eigenvalue weighted by Crippen LogP contribution is -2.09. The smallest absolute Gasteiger partial charge is 0.139 e. The number of nitrogens with one attached hydrogen (secondary N) is 1. The van der Waals surface area contributed by atoms with Crippen LogP contribution in [0.3, 0.4) is 0 Å². The van der Waals surface area contributed by atoms with Gasteiger partial charge in [0.2, 0.25) is 0 Å². The minimum atomic E-state index is -0.286. The lowest BCUT2D eigenvalue weighted by Gasteiger charge is -2.16. The number of hydrogen-bond acceptors (Lipinski definition) is 4. The number of fused-ring (bicyclic) bond motifs is 1. The molecule has 1 N–H and O–H groups in total. The molecular weight excluding hydrogens is 269 g/mol. The molecule has 0 saturated heterocycles. The van der Waals surface area contributed by atoms with Crippen LogP contribution in [0.15, 0.2) is 35.0 Å². The first-order valence-electron chi connectivity index (χ1n) is 6.80. The van der Waals surface area contributed by atoms with E-state index in [1.54, 1.807) is 12.3 Å². The second-order valence-electron chi connectivity index (χ2n) is 5.12. The van der Waals surface area contributed by atoms with Gasteiger partial charge in [0.15, 0.2) is 0 Å². The van der Waals surface area contributed by atoms with E-state index in [-0.39, 0.29) is 11.9 Å². The monoisotopic (exact) mass is 285 g/mol. The van der Waals surface area contributed by atoms with Crippen molar-refractivity contribution in [3.05, 3.63) is 53.3 Å². The summed E-state index contributed by atoms with van der Waals surface area (Å²) in [6, 6.07) is 6.53. The first-order valence-corrected chi connectivity index (χ1v) is 6.80. The lowest BCUT2D eigenvalue weighted by molar-refractivity contribution is 0.392. The van der Waals surface area contributed by atoms with Crippen molar-refractivity contribution in [3.8, 4) is 0 Å². The van der Waals surface area contributed by atoms with Crippen LogP contribution < -0.4 is 5.32 Å². The van der Waals surface area contributed by atoms with Crippen molar-refractivity contribution in [2.75, 3.05) is 5.32 Å². The van der Waals surface area contributed by atoms with E-state index in [9.17, 15) is 4.39 Å². The minimum Gasteiger partial charge on any atom is -0.378 e. The van der Waals surface area contributed by atoms with Crippen LogP contribution in [0.2, 0.25) is 0 Å². The number of pyridine rings is 1. The van der Waals surface area contributed by atoms with Gasteiger partial charge in [-0.05, 0) is 39.0 Å². The van der Waals surface area contributed by atoms with Crippen LogP contribution in [0.5, 0.6) is 0 Å². The molecule has 0 saturated carbocycles. The number of anilines is 1. The van der Waals surface area contributed by atoms with Crippen LogP contribution in [-0.4, -0.2) is 10.1 Å². The quantitative estimate of drug-likeness (QED) is 0.785. The van der Waals surface area contributed by atoms with Crippen LogP contribution in [0.25, 0.3) is 10.9 Å². The third-order valence-corrected chi connectivity index (χ3v) is 3.60. The van der Waals surface area contributed by atoms with E-state index in [1.807, 2.05) is 26.8 Å². The van der Waals surface area contributed by atoms with E-state index >= 15 is 0 Å². The predicted octanol–water partition coefficient (Wildman–Crippen LogP) is 4.15. The van der Waals surface area contributed by atoms with Crippen LogP contribution in [-0.2, 0) is 0 Å². The number of nitrogens with zero attached hydrogens (tertiary/aromatic N) is 2. The predicted molar refractivity (Wildman–Crippen MR) is 79.7 cm³/mol. The van der Waals surface area contributed by atoms with Gasteiger partial charge in [-0.25, -0.2) is 4.39 Å². The lowest BCUT2D eigenvalue weighted by atomic mass is 10.1. The zero-order chi connectivity index (χ0) is 15.0. The molecule has 0 amide bonds. The molecule has 0 radical (unpaired) electrons. The Morgan fingerprint density at radius 2 is 2.05 bits per heavy atom. The Morgan fingerprint density at radius 1 is 1.24 bits per heavy atom. The van der Waals surface area contributed by atoms with Gasteiger partial charge in [-0.2, -0.15) is 0 Å². The van der Waals surface area contributed by atoms with Crippen molar-refractivity contribution in [2.45, 2.75) is 26.8 Å². The summed E-state index contributed by atoms with van der Waals surface area (Å²) in [6.07, 6.45) is 1.67. The van der Waals surface area contributed by atoms with Gasteiger partial charge in [0.1, 0.15) is 11.6 Å². The zero-order valence-corrected chi connectivity index (χ0v) is 12.1. The standard InChI is InChI=1S/C16H16FN3O/c1-9(16-10(2)20-21-11(16)3)19-14-6-7-18-15-8-12(17)4-5-13(14)15/h4-9H,1-3H3,(H,18,19). The number of aromatic nitrogens is 2. The van der Waals surface area contributed by atoms with Crippen LogP contribution in [0.4, 0.5) is 10.1 Å². The number of benzene rings is 1. The van der Waals surface area contributed by atoms with Crippen molar-refractivity contribution in [3.63, 3.8) is 0 Å². The SMILES string of the molecule is Cc1noc(C)c1C(C)Nc1ccnc2cc(F)ccc12. The molecular formula is C16H16FN3O. The molecule has 3 aromatic rings. The highest BCUT2D eigenvalue weighted by atomic mass is 19.1. The average Bonchev–Trinajstić information content (AvgIpc) is 2.78. The third-order valence-electron chi connectivity index (χ3n) is 3.60. The summed E-state index contributed by atoms with van der Waals surface area (Å²) in [5.74, 6) is 0.517. The Bertz CT molecular complexity index is 778.